The van der Waals surface area contributed by atoms with Gasteiger partial charge < -0.3 is 11.1 Å². The van der Waals surface area contributed by atoms with Gasteiger partial charge in [0.25, 0.3) is 0 Å². The predicted molar refractivity (Wildman–Crippen MR) is 91.3 cm³/mol. The van der Waals surface area contributed by atoms with Crippen LogP contribution in [0.4, 0.5) is 11.5 Å². The molecule has 1 aromatic carbocycles. The van der Waals surface area contributed by atoms with Crippen LogP contribution in [0.3, 0.4) is 0 Å². The van der Waals surface area contributed by atoms with Gasteiger partial charge in [-0.2, -0.15) is 0 Å². The molecule has 0 bridgehead atoms. The highest BCUT2D eigenvalue weighted by molar-refractivity contribution is 7.80. The lowest BCUT2D eigenvalue weighted by atomic mass is 10.1. The zero-order valence-corrected chi connectivity index (χ0v) is 13.0. The minimum absolute atomic E-state index is 0.397. The maximum Gasteiger partial charge on any atom is 0.140 e. The summed E-state index contributed by atoms with van der Waals surface area (Å²) in [6.45, 7) is 2.14. The van der Waals surface area contributed by atoms with Gasteiger partial charge in [-0.15, -0.1) is 0 Å². The van der Waals surface area contributed by atoms with E-state index in [1.54, 1.807) is 0 Å². The van der Waals surface area contributed by atoms with Crippen LogP contribution in [-0.4, -0.2) is 9.97 Å². The lowest BCUT2D eigenvalue weighted by Gasteiger charge is -2.15. The van der Waals surface area contributed by atoms with E-state index in [0.29, 0.717) is 4.99 Å². The van der Waals surface area contributed by atoms with Crippen molar-refractivity contribution in [3.63, 3.8) is 0 Å². The Morgan fingerprint density at radius 2 is 2.14 bits per heavy atom. The van der Waals surface area contributed by atoms with E-state index in [-0.39, 0.29) is 0 Å². The van der Waals surface area contributed by atoms with E-state index in [4.69, 9.17) is 22.9 Å². The molecule has 0 fully saturated rings. The average molecular weight is 297 g/mol. The second-order valence-corrected chi connectivity index (χ2v) is 5.78. The van der Waals surface area contributed by atoms with Gasteiger partial charge in [0.05, 0.1) is 5.56 Å². The highest BCUT2D eigenvalue weighted by Gasteiger charge is 2.18. The number of anilines is 2. The molecule has 1 aliphatic carbocycles. The topological polar surface area (TPSA) is 50.9 Å². The van der Waals surface area contributed by atoms with Crippen molar-refractivity contribution >= 4 is 28.7 Å². The van der Waals surface area contributed by atoms with Gasteiger partial charge in [-0.05, 0) is 48.9 Å². The van der Waals surface area contributed by atoms with Crippen molar-refractivity contribution < 1.29 is 0 Å². The molecule has 0 spiro atoms. The molecule has 2 aromatic rings. The van der Waals surface area contributed by atoms with E-state index in [0.717, 1.165) is 42.8 Å². The summed E-state index contributed by atoms with van der Waals surface area (Å²) in [7, 11) is 0. The average Bonchev–Trinajstić information content (AvgIpc) is 2.94. The van der Waals surface area contributed by atoms with Crippen LogP contribution in [0.2, 0.25) is 0 Å². The first kappa shape index (κ1) is 14.0. The molecule has 21 heavy (non-hydrogen) atoms. The van der Waals surface area contributed by atoms with Gasteiger partial charge in [0.2, 0.25) is 0 Å². The third-order valence-corrected chi connectivity index (χ3v) is 4.19. The summed E-state index contributed by atoms with van der Waals surface area (Å²) in [4.78, 5) is 5.16. The number of para-hydroxylation sites is 1. The Morgan fingerprint density at radius 3 is 2.90 bits per heavy atom. The largest absolute Gasteiger partial charge is 0.389 e. The number of aryl methyl sites for hydroxylation is 3. The summed E-state index contributed by atoms with van der Waals surface area (Å²) in [6.07, 6.45) is 4.24. The molecule has 3 nitrogen and oxygen atoms in total. The Bertz CT molecular complexity index is 694. The van der Waals surface area contributed by atoms with E-state index >= 15 is 0 Å². The predicted octanol–water partition coefficient (Wildman–Crippen LogP) is 3.51. The van der Waals surface area contributed by atoms with Crippen LogP contribution in [0.15, 0.2) is 30.3 Å². The number of rotatable bonds is 4. The van der Waals surface area contributed by atoms with Crippen LogP contribution < -0.4 is 11.1 Å². The number of nitrogens with two attached hydrogens (primary N) is 1. The van der Waals surface area contributed by atoms with Crippen LogP contribution in [0, 0.1) is 0 Å². The maximum absolute atomic E-state index is 5.88. The van der Waals surface area contributed by atoms with Crippen molar-refractivity contribution in [3.8, 4) is 0 Å². The van der Waals surface area contributed by atoms with Gasteiger partial charge in [0.15, 0.2) is 0 Å². The van der Waals surface area contributed by atoms with Crippen molar-refractivity contribution in [2.24, 2.45) is 5.73 Å². The van der Waals surface area contributed by atoms with E-state index in [2.05, 4.69) is 36.5 Å². The molecule has 0 amide bonds. The molecule has 1 aliphatic rings. The van der Waals surface area contributed by atoms with E-state index in [1.165, 1.54) is 16.8 Å². The zero-order valence-electron chi connectivity index (χ0n) is 12.1. The first-order valence-electron chi connectivity index (χ1n) is 7.36. The fourth-order valence-corrected chi connectivity index (χ4v) is 2.99. The number of hydrogen-bond acceptors (Lipinski definition) is 3. The Hall–Kier alpha value is -1.94. The normalized spacial score (nSPS) is 13.0. The molecule has 0 atom stereocenters. The van der Waals surface area contributed by atoms with E-state index in [9.17, 15) is 0 Å². The molecule has 1 aromatic heterocycles. The number of nitrogens with zero attached hydrogens (tertiary/aromatic N) is 1. The Labute approximate surface area is 130 Å². The van der Waals surface area contributed by atoms with Crippen molar-refractivity contribution in [1.82, 2.24) is 4.98 Å². The van der Waals surface area contributed by atoms with Gasteiger partial charge in [-0.3, -0.25) is 0 Å². The van der Waals surface area contributed by atoms with Gasteiger partial charge in [-0.1, -0.05) is 37.3 Å². The third kappa shape index (κ3) is 2.76. The van der Waals surface area contributed by atoms with Gasteiger partial charge in [0.1, 0.15) is 10.8 Å². The molecule has 1 heterocycles. The lowest BCUT2D eigenvalue weighted by Crippen LogP contribution is -2.14. The second kappa shape index (κ2) is 5.82. The van der Waals surface area contributed by atoms with E-state index in [1.807, 2.05) is 6.07 Å². The molecule has 108 valence electrons. The minimum Gasteiger partial charge on any atom is -0.389 e. The first-order valence-corrected chi connectivity index (χ1v) is 7.77. The second-order valence-electron chi connectivity index (χ2n) is 5.34. The highest BCUT2D eigenvalue weighted by Crippen LogP contribution is 2.28. The summed E-state index contributed by atoms with van der Waals surface area (Å²) in [5.74, 6) is 0.782. The molecule has 0 unspecified atom stereocenters. The molecule has 0 saturated heterocycles. The molecule has 0 aliphatic heterocycles. The number of thiocarbonyl (C=S) groups is 1. The van der Waals surface area contributed by atoms with Gasteiger partial charge >= 0.3 is 0 Å². The Balaban J connectivity index is 2.03. The lowest BCUT2D eigenvalue weighted by molar-refractivity contribution is 0.900. The molecule has 3 N–H and O–H groups in total. The minimum atomic E-state index is 0.397. The number of aromatic nitrogens is 1. The summed E-state index contributed by atoms with van der Waals surface area (Å²) >= 11 is 5.20. The third-order valence-electron chi connectivity index (χ3n) is 3.97. The zero-order chi connectivity index (χ0) is 14.8. The number of fused-ring (bicyclic) bond motifs is 1. The summed E-state index contributed by atoms with van der Waals surface area (Å²) in [5, 5.41) is 3.42. The summed E-state index contributed by atoms with van der Waals surface area (Å²) in [6, 6.07) is 10.4. The standard InChI is InChI=1S/C17H19N3S/c1-2-11-6-3-4-8-14(11)19-17-13(16(18)21)10-12-7-5-9-15(12)20-17/h3-4,6,8,10H,2,5,7,9H2,1H3,(H2,18,21)(H,19,20). The molecule has 0 saturated carbocycles. The molecule has 0 radical (unpaired) electrons. The summed E-state index contributed by atoms with van der Waals surface area (Å²) < 4.78 is 0. The van der Waals surface area contributed by atoms with E-state index < -0.39 is 0 Å². The van der Waals surface area contributed by atoms with Crippen molar-refractivity contribution in [1.29, 1.82) is 0 Å². The van der Waals surface area contributed by atoms with Crippen molar-refractivity contribution in [3.05, 3.63) is 52.7 Å². The Kier molecular flexibility index (Phi) is 3.88. The van der Waals surface area contributed by atoms with Crippen LogP contribution in [0.1, 0.15) is 35.7 Å². The van der Waals surface area contributed by atoms with Gasteiger partial charge in [-0.25, -0.2) is 4.98 Å². The maximum atomic E-state index is 5.88. The van der Waals surface area contributed by atoms with Crippen molar-refractivity contribution in [2.45, 2.75) is 32.6 Å². The molecule has 3 rings (SSSR count). The fourth-order valence-electron chi connectivity index (χ4n) is 2.83. The van der Waals surface area contributed by atoms with Crippen LogP contribution in [0.5, 0.6) is 0 Å². The smallest absolute Gasteiger partial charge is 0.140 e. The molecular formula is C17H19N3S. The number of nitrogens with one attached hydrogen (secondary N) is 1. The first-order chi connectivity index (χ1) is 10.2. The number of benzene rings is 1. The fraction of sp³-hybridized carbons (Fsp3) is 0.294. The van der Waals surface area contributed by atoms with Crippen molar-refractivity contribution in [2.75, 3.05) is 5.32 Å². The van der Waals surface area contributed by atoms with Crippen LogP contribution in [0.25, 0.3) is 0 Å². The monoisotopic (exact) mass is 297 g/mol. The van der Waals surface area contributed by atoms with Crippen LogP contribution in [-0.2, 0) is 19.3 Å². The molecular weight excluding hydrogens is 278 g/mol. The SMILES string of the molecule is CCc1ccccc1Nc1nc2c(cc1C(N)=S)CCC2. The quantitative estimate of drug-likeness (QED) is 0.848. The summed E-state index contributed by atoms with van der Waals surface area (Å²) in [5.41, 5.74) is 11.5. The number of hydrogen-bond donors (Lipinski definition) is 2. The highest BCUT2D eigenvalue weighted by atomic mass is 32.1. The van der Waals surface area contributed by atoms with Crippen LogP contribution >= 0.6 is 12.2 Å². The van der Waals surface area contributed by atoms with Gasteiger partial charge in [0, 0.05) is 11.4 Å². The number of pyridine rings is 1. The molecule has 4 heteroatoms. The Morgan fingerprint density at radius 1 is 1.33 bits per heavy atom.